The van der Waals surface area contributed by atoms with E-state index in [4.69, 9.17) is 16.3 Å². The number of nitrogens with zero attached hydrogens (tertiary/aromatic N) is 3. The first kappa shape index (κ1) is 28.1. The first-order valence-corrected chi connectivity index (χ1v) is 16.4. The van der Waals surface area contributed by atoms with Crippen molar-refractivity contribution in [2.45, 2.75) is 50.5 Å². The second kappa shape index (κ2) is 10.5. The normalized spacial score (nSPS) is 22.0. The van der Waals surface area contributed by atoms with Crippen molar-refractivity contribution < 1.29 is 22.3 Å². The summed E-state index contributed by atoms with van der Waals surface area (Å²) in [6.45, 7) is 4.00. The summed E-state index contributed by atoms with van der Waals surface area (Å²) in [6.07, 6.45) is 8.40. The molecule has 3 fully saturated rings. The van der Waals surface area contributed by atoms with E-state index in [1.807, 2.05) is 24.5 Å². The minimum atomic E-state index is -3.98. The largest absolute Gasteiger partial charge is 0.466 e. The van der Waals surface area contributed by atoms with Crippen LogP contribution in [0.5, 0.6) is 0 Å². The molecule has 3 heterocycles. The lowest BCUT2D eigenvalue weighted by Crippen LogP contribution is -2.45. The number of fused-ring (bicyclic) bond motifs is 5. The van der Waals surface area contributed by atoms with Gasteiger partial charge in [-0.2, -0.15) is 0 Å². The van der Waals surface area contributed by atoms with E-state index >= 15 is 4.39 Å². The SMILES string of the molecule is CCOC(=O)[C@H]1C2CCC(CC2)[C@@H]1n1cc(F)c2ccc(-c3cn(S(=O)(=O)c4ccc(C)cc4)c4ncc(Cl)cc34)cc21. The maximum absolute atomic E-state index is 15.4. The third kappa shape index (κ3) is 4.55. The predicted octanol–water partition coefficient (Wildman–Crippen LogP) is 7.54. The number of rotatable bonds is 6. The van der Waals surface area contributed by atoms with Crippen molar-refractivity contribution >= 4 is 49.5 Å². The molecule has 0 unspecified atom stereocenters. The Balaban J connectivity index is 1.40. The zero-order valence-electron chi connectivity index (χ0n) is 23.8. The van der Waals surface area contributed by atoms with E-state index in [0.29, 0.717) is 39.0 Å². The number of aryl methyl sites for hydroxylation is 1. The number of esters is 1. The molecule has 0 amide bonds. The van der Waals surface area contributed by atoms with Gasteiger partial charge in [-0.05, 0) is 87.3 Å². The van der Waals surface area contributed by atoms with Crippen molar-refractivity contribution in [2.24, 2.45) is 17.8 Å². The molecule has 2 aromatic carbocycles. The van der Waals surface area contributed by atoms with Crippen LogP contribution < -0.4 is 0 Å². The van der Waals surface area contributed by atoms with Crippen LogP contribution in [-0.4, -0.2) is 34.5 Å². The Morgan fingerprint density at radius 2 is 1.74 bits per heavy atom. The van der Waals surface area contributed by atoms with Crippen LogP contribution in [0.1, 0.15) is 44.2 Å². The number of halogens is 2. The van der Waals surface area contributed by atoms with Gasteiger partial charge in [0.2, 0.25) is 0 Å². The Kier molecular flexibility index (Phi) is 6.85. The third-order valence-corrected chi connectivity index (χ3v) is 11.2. The van der Waals surface area contributed by atoms with Gasteiger partial charge in [-0.25, -0.2) is 21.8 Å². The Morgan fingerprint density at radius 3 is 2.47 bits per heavy atom. The molecular weight excluding hydrogens is 589 g/mol. The second-order valence-electron chi connectivity index (χ2n) is 11.7. The molecule has 222 valence electrons. The second-order valence-corrected chi connectivity index (χ2v) is 14.0. The topological polar surface area (TPSA) is 83.2 Å². The third-order valence-electron chi connectivity index (χ3n) is 9.31. The highest BCUT2D eigenvalue weighted by atomic mass is 35.5. The van der Waals surface area contributed by atoms with Gasteiger partial charge in [0.05, 0.1) is 34.0 Å². The number of benzene rings is 2. The van der Waals surface area contributed by atoms with Gasteiger partial charge in [0.1, 0.15) is 5.82 Å². The number of pyridine rings is 1. The summed E-state index contributed by atoms with van der Waals surface area (Å²) < 4.78 is 51.6. The number of carbonyl (C=O) groups excluding carboxylic acids is 1. The quantitative estimate of drug-likeness (QED) is 0.183. The van der Waals surface area contributed by atoms with Crippen molar-refractivity contribution in [3.05, 3.63) is 83.5 Å². The lowest BCUT2D eigenvalue weighted by molar-refractivity contribution is -0.157. The van der Waals surface area contributed by atoms with E-state index < -0.39 is 10.0 Å². The van der Waals surface area contributed by atoms with Crippen LogP contribution in [0.3, 0.4) is 0 Å². The maximum Gasteiger partial charge on any atom is 0.311 e. The zero-order chi connectivity index (χ0) is 30.0. The molecule has 0 N–H and O–H groups in total. The summed E-state index contributed by atoms with van der Waals surface area (Å²) in [5.74, 6) is -0.473. The maximum atomic E-state index is 15.4. The van der Waals surface area contributed by atoms with E-state index in [2.05, 4.69) is 4.98 Å². The summed E-state index contributed by atoms with van der Waals surface area (Å²) in [6, 6.07) is 13.5. The van der Waals surface area contributed by atoms with Crippen LogP contribution in [0.4, 0.5) is 4.39 Å². The Hall–Kier alpha value is -3.69. The fraction of sp³-hybridized carbons (Fsp3) is 0.333. The molecule has 3 saturated carbocycles. The van der Waals surface area contributed by atoms with Crippen LogP contribution in [0.25, 0.3) is 33.1 Å². The Morgan fingerprint density at radius 1 is 1.02 bits per heavy atom. The molecule has 43 heavy (non-hydrogen) atoms. The fourth-order valence-electron chi connectivity index (χ4n) is 7.30. The summed E-state index contributed by atoms with van der Waals surface area (Å²) in [4.78, 5) is 17.7. The van der Waals surface area contributed by atoms with Gasteiger partial charge in [-0.15, -0.1) is 0 Å². The first-order chi connectivity index (χ1) is 20.7. The average molecular weight is 620 g/mol. The molecule has 3 aliphatic rings. The van der Waals surface area contributed by atoms with Gasteiger partial charge < -0.3 is 9.30 Å². The van der Waals surface area contributed by atoms with Crippen LogP contribution in [0, 0.1) is 30.5 Å². The molecule has 0 aliphatic heterocycles. The molecule has 0 spiro atoms. The van der Waals surface area contributed by atoms with E-state index in [1.54, 1.807) is 48.7 Å². The zero-order valence-corrected chi connectivity index (χ0v) is 25.4. The van der Waals surface area contributed by atoms with Crippen LogP contribution >= 0.6 is 11.6 Å². The predicted molar refractivity (Wildman–Crippen MR) is 164 cm³/mol. The molecule has 2 atom stereocenters. The molecule has 2 bridgehead atoms. The summed E-state index contributed by atoms with van der Waals surface area (Å²) in [5, 5.41) is 1.37. The van der Waals surface area contributed by atoms with Crippen molar-refractivity contribution in [1.29, 1.82) is 0 Å². The van der Waals surface area contributed by atoms with Crippen molar-refractivity contribution in [1.82, 2.24) is 13.5 Å². The van der Waals surface area contributed by atoms with E-state index in [0.717, 1.165) is 31.2 Å². The molecule has 8 rings (SSSR count). The minimum absolute atomic E-state index is 0.141. The van der Waals surface area contributed by atoms with Gasteiger partial charge in [0.25, 0.3) is 10.0 Å². The van der Waals surface area contributed by atoms with Crippen molar-refractivity contribution in [3.8, 4) is 11.1 Å². The van der Waals surface area contributed by atoms with E-state index in [9.17, 15) is 13.2 Å². The van der Waals surface area contributed by atoms with Gasteiger partial charge in [-0.3, -0.25) is 4.79 Å². The molecule has 10 heteroatoms. The number of hydrogen-bond acceptors (Lipinski definition) is 5. The van der Waals surface area contributed by atoms with Crippen LogP contribution in [0.2, 0.25) is 5.02 Å². The van der Waals surface area contributed by atoms with Gasteiger partial charge in [0.15, 0.2) is 5.65 Å². The molecule has 5 aromatic rings. The van der Waals surface area contributed by atoms with E-state index in [1.165, 1.54) is 16.4 Å². The first-order valence-electron chi connectivity index (χ1n) is 14.6. The highest BCUT2D eigenvalue weighted by Gasteiger charge is 2.49. The molecular formula is C33H31ClFN3O4S. The average Bonchev–Trinajstić information content (AvgIpc) is 3.55. The summed E-state index contributed by atoms with van der Waals surface area (Å²) in [5.41, 5.74) is 3.13. The Labute approximate surface area is 254 Å². The van der Waals surface area contributed by atoms with Crippen LogP contribution in [-0.2, 0) is 19.6 Å². The molecule has 3 aromatic heterocycles. The monoisotopic (exact) mass is 619 g/mol. The van der Waals surface area contributed by atoms with Gasteiger partial charge in [-0.1, -0.05) is 35.4 Å². The van der Waals surface area contributed by atoms with Gasteiger partial charge in [0, 0.05) is 34.9 Å². The number of hydrogen-bond donors (Lipinski definition) is 0. The highest BCUT2D eigenvalue weighted by molar-refractivity contribution is 7.90. The fourth-order valence-corrected chi connectivity index (χ4v) is 8.78. The lowest BCUT2D eigenvalue weighted by atomic mass is 9.61. The molecule has 0 saturated heterocycles. The van der Waals surface area contributed by atoms with E-state index in [-0.39, 0.29) is 46.1 Å². The number of ether oxygens (including phenoxy) is 1. The Bertz CT molecular complexity index is 1990. The highest BCUT2D eigenvalue weighted by Crippen LogP contribution is 2.53. The van der Waals surface area contributed by atoms with Gasteiger partial charge >= 0.3 is 5.97 Å². The standard InChI is InChI=1S/C33H31ClFN3O4S/c1-3-42-33(39)30-20-6-8-21(9-7-20)31(30)37-18-28(35)25-13-10-22(14-29(25)37)27-17-38(32-26(27)15-23(34)16-36-32)43(40,41)24-11-4-19(2)5-12-24/h4-5,10-18,20-21,30-31H,3,6-9H2,1-2H3/t20?,21?,30-,31-/m0/s1. The van der Waals surface area contributed by atoms with Crippen LogP contribution in [0.15, 0.2) is 72.0 Å². The van der Waals surface area contributed by atoms with Crippen molar-refractivity contribution in [3.63, 3.8) is 0 Å². The molecule has 3 aliphatic carbocycles. The minimum Gasteiger partial charge on any atom is -0.466 e. The molecule has 7 nitrogen and oxygen atoms in total. The lowest BCUT2D eigenvalue weighted by Gasteiger charge is -2.48. The van der Waals surface area contributed by atoms with Crippen molar-refractivity contribution in [2.75, 3.05) is 6.61 Å². The molecule has 0 radical (unpaired) electrons. The number of aromatic nitrogens is 3. The number of carbonyl (C=O) groups is 1. The summed E-state index contributed by atoms with van der Waals surface area (Å²) in [7, 11) is -3.98. The smallest absolute Gasteiger partial charge is 0.311 e. The summed E-state index contributed by atoms with van der Waals surface area (Å²) >= 11 is 6.35.